The van der Waals surface area contributed by atoms with E-state index in [1.165, 1.54) is 56.5 Å². The monoisotopic (exact) mass is 2090 g/mol. The summed E-state index contributed by atoms with van der Waals surface area (Å²) in [7, 11) is 4.04. The molecule has 12 aromatic rings. The summed E-state index contributed by atoms with van der Waals surface area (Å²) in [5.74, 6) is 16.6. The molecule has 0 unspecified atom stereocenters. The molecule has 4 aromatic carbocycles. The van der Waals surface area contributed by atoms with Gasteiger partial charge in [-0.05, 0) is 88.4 Å². The zero-order valence-electron chi connectivity index (χ0n) is 80.6. The Morgan fingerprint density at radius 3 is 1.10 bits per heavy atom. The van der Waals surface area contributed by atoms with E-state index in [9.17, 15) is 91.7 Å². The molecule has 0 bridgehead atoms. The molecule has 0 atom stereocenters. The number of carboxylic acid groups (broad SMARTS) is 5. The molecule has 4 aliphatic rings. The quantitative estimate of drug-likeness (QED) is 0.0342. The lowest BCUT2D eigenvalue weighted by atomic mass is 10.1. The number of alkyl halides is 9. The van der Waals surface area contributed by atoms with E-state index in [0.717, 1.165) is 105 Å². The number of aromatic carboxylic acids is 2. The average molecular weight is 2090 g/mol. The number of halogens is 9. The Morgan fingerprint density at radius 1 is 0.432 bits per heavy atom. The number of rotatable bonds is 20. The molecule has 4 saturated heterocycles. The number of hydrogen-bond donors (Lipinski definition) is 12. The summed E-state index contributed by atoms with van der Waals surface area (Å²) < 4.78 is 143. The van der Waals surface area contributed by atoms with Crippen molar-refractivity contribution in [2.24, 2.45) is 33.3 Å². The van der Waals surface area contributed by atoms with Crippen LogP contribution in [0.2, 0.25) is 0 Å². The van der Waals surface area contributed by atoms with Crippen LogP contribution < -0.4 is 93.3 Å². The zero-order chi connectivity index (χ0) is 109. The number of carbonyl (C=O) groups is 6. The number of benzene rings is 4. The predicted octanol–water partition coefficient (Wildman–Crippen LogP) is 5.25. The van der Waals surface area contributed by atoms with Crippen molar-refractivity contribution in [2.45, 2.75) is 84.2 Å². The van der Waals surface area contributed by atoms with E-state index >= 15 is 0 Å². The number of amides is 1. The van der Waals surface area contributed by atoms with Crippen molar-refractivity contribution in [3.05, 3.63) is 150 Å². The van der Waals surface area contributed by atoms with Gasteiger partial charge in [-0.1, -0.05) is 60.1 Å². The molecule has 13 N–H and O–H groups in total. The predicted molar refractivity (Wildman–Crippen MR) is 523 cm³/mol. The molecule has 47 nitrogen and oxygen atoms in total. The minimum atomic E-state index is -5.08. The van der Waals surface area contributed by atoms with Gasteiger partial charge in [0.15, 0.2) is 44.7 Å². The van der Waals surface area contributed by atoms with Crippen LogP contribution in [0.4, 0.5) is 92.3 Å². The van der Waals surface area contributed by atoms with E-state index < -0.39 is 58.4 Å². The number of aliphatic carboxylic acids is 3. The van der Waals surface area contributed by atoms with Crippen LogP contribution >= 0.6 is 0 Å². The normalized spacial score (nSPS) is 13.4. The highest BCUT2D eigenvalue weighted by Crippen LogP contribution is 2.33. The Morgan fingerprint density at radius 2 is 0.750 bits per heavy atom. The summed E-state index contributed by atoms with van der Waals surface area (Å²) in [6.45, 7) is 22.4. The molecule has 12 heterocycles. The zero-order valence-corrected chi connectivity index (χ0v) is 81.4. The number of sulfonamides is 1. The second-order valence-electron chi connectivity index (χ2n) is 31.6. The largest absolute Gasteiger partial charge is 0.490 e. The number of fused-ring (bicyclic) bond motifs is 4. The van der Waals surface area contributed by atoms with Crippen LogP contribution in [0, 0.1) is 47.4 Å². The van der Waals surface area contributed by atoms with Gasteiger partial charge in [0.25, 0.3) is 22.2 Å². The van der Waals surface area contributed by atoms with E-state index in [2.05, 4.69) is 134 Å². The summed E-state index contributed by atoms with van der Waals surface area (Å²) >= 11 is 0. The van der Waals surface area contributed by atoms with Crippen molar-refractivity contribution in [1.82, 2.24) is 97.7 Å². The van der Waals surface area contributed by atoms with Crippen LogP contribution in [-0.2, 0) is 83.6 Å². The van der Waals surface area contributed by atoms with Gasteiger partial charge in [-0.25, -0.2) is 37.5 Å². The number of nitrogens with zero attached hydrogens (tertiary/aromatic N) is 21. The smallest absolute Gasteiger partial charge is 0.478 e. The van der Waals surface area contributed by atoms with Gasteiger partial charge in [-0.15, -0.1) is 23.7 Å². The Labute approximate surface area is 833 Å². The van der Waals surface area contributed by atoms with Crippen LogP contribution in [0.1, 0.15) is 55.3 Å². The molecule has 4 fully saturated rings. The van der Waals surface area contributed by atoms with Gasteiger partial charge < -0.3 is 91.4 Å². The van der Waals surface area contributed by atoms with Crippen molar-refractivity contribution < 1.29 is 112 Å². The van der Waals surface area contributed by atoms with Crippen LogP contribution in [-0.4, -0.2) is 276 Å². The standard InChI is InChI=1S/2C22H25N7O3.C21H22N6O4.C20H24N8O3S.3C2HF3O2/c1-4-5-12-29-18-19(25-21(29)28-13-10-23-11-14-28)26-22(27(3)20(18)31)32-17-8-6-16(7-9-17)24-15(2)30;1-4-5-12-29-17-18(25-22(29)28-13-10-23-11-14-28)24-21(27(3)19(17)30)26(2)16-9-7-6-8-15(16)20(31)32;1-3-4-11-27-16-17(23-20(27)26-12-9-22-10-13-26)24-21(25(2)18(16)28)31-15-8-6-5-7-14(15)19(29)30;1-3-4-11-28-16-17(25-20(28)27-12-9-22-10-13-27)24-19(26(2)18(16)29)23-14-7-5-6-8-15(14)32(21,30)31;3*3-2(4,5)1(6)7/h6-9,23H,10-14H2,1-3H3,(H,24,30);6-9,23H,10-14H2,1-3H3,(H,31,32);5-8,22H,9-13H2,1-2H3,(H,29,30);5-8,22H,9-13H2,1-2H3,(H,23,24)(H2,21,30,31);3*(H,6,7). The van der Waals surface area contributed by atoms with E-state index in [-0.39, 0.29) is 84.9 Å². The SMILES string of the molecule is CC#CCn1c(N2CCNCC2)nc2nc(N(C)c3ccccc3C(=O)O)n(C)c(=O)c21.CC#CCn1c(N2CCNCC2)nc2nc(Nc3ccccc3S(N)(=O)=O)n(C)c(=O)c21.CC#CCn1c(N2CCNCC2)nc2nc(Oc3ccc(NC(C)=O)cc3)n(C)c(=O)c21.CC#CCn1c(N2CCNCC2)nc2nc(Oc3ccccc3C(=O)O)n(C)c(=O)c21.O=C(O)C(F)(F)F.O=C(O)C(F)(F)F.O=C(O)C(F)(F)F. The summed E-state index contributed by atoms with van der Waals surface area (Å²) in [6, 6.07) is 25.9. The topological polar surface area (TPSA) is 581 Å². The highest BCUT2D eigenvalue weighted by molar-refractivity contribution is 7.89. The number of nitrogens with one attached hydrogen (secondary N) is 6. The molecule has 148 heavy (non-hydrogen) atoms. The van der Waals surface area contributed by atoms with Crippen molar-refractivity contribution in [3.8, 4) is 70.9 Å². The summed E-state index contributed by atoms with van der Waals surface area (Å²) in [6.07, 6.45) is -15.3. The summed E-state index contributed by atoms with van der Waals surface area (Å²) in [4.78, 5) is 161. The first-order valence-electron chi connectivity index (χ1n) is 44.3. The second kappa shape index (κ2) is 49.9. The Balaban J connectivity index is 0.000000189. The van der Waals surface area contributed by atoms with E-state index in [1.54, 1.807) is 143 Å². The minimum absolute atomic E-state index is 0.0258. The minimum Gasteiger partial charge on any atom is -0.478 e. The lowest BCUT2D eigenvalue weighted by Gasteiger charge is -2.28. The third-order valence-electron chi connectivity index (χ3n) is 21.7. The maximum atomic E-state index is 13.4. The molecule has 0 saturated carbocycles. The third kappa shape index (κ3) is 28.1. The molecule has 1 amide bonds. The number of imidazole rings is 4. The fourth-order valence-electron chi connectivity index (χ4n) is 14.5. The molecular weight excluding hydrogens is 1990 g/mol. The number of aromatic nitrogens is 16. The number of carboxylic acids is 5. The van der Waals surface area contributed by atoms with Gasteiger partial charge in [-0.2, -0.15) is 79.4 Å². The van der Waals surface area contributed by atoms with Gasteiger partial charge in [0.2, 0.25) is 51.6 Å². The molecule has 16 rings (SSSR count). The first-order valence-corrected chi connectivity index (χ1v) is 45.8. The molecule has 4 aliphatic heterocycles. The summed E-state index contributed by atoms with van der Waals surface area (Å²) in [5, 5.41) is 64.5. The number of para-hydroxylation sites is 3. The fourth-order valence-corrected chi connectivity index (χ4v) is 15.2. The molecular formula is C91H99F9N28O19S. The molecule has 0 spiro atoms. The molecule has 57 heteroatoms. The first kappa shape index (κ1) is 113. The van der Waals surface area contributed by atoms with Crippen molar-refractivity contribution in [2.75, 3.05) is 147 Å². The van der Waals surface area contributed by atoms with Crippen LogP contribution in [0.15, 0.2) is 121 Å². The Bertz CT molecular complexity index is 7540. The highest BCUT2D eigenvalue weighted by atomic mass is 32.2. The average Bonchev–Trinajstić information content (AvgIpc) is 1.61. The van der Waals surface area contributed by atoms with Gasteiger partial charge in [0, 0.05) is 153 Å². The Hall–Kier alpha value is -17.1. The number of ether oxygens (including phenoxy) is 2. The highest BCUT2D eigenvalue weighted by Gasteiger charge is 2.41. The lowest BCUT2D eigenvalue weighted by molar-refractivity contribution is -0.193. The second-order valence-corrected chi connectivity index (χ2v) is 33.1. The van der Waals surface area contributed by atoms with Gasteiger partial charge in [0.1, 0.15) is 22.0 Å². The number of anilines is 9. The fraction of sp³-hybridized carbons (Fsp3) is 0.363. The van der Waals surface area contributed by atoms with Crippen LogP contribution in [0.3, 0.4) is 0 Å². The maximum absolute atomic E-state index is 13.4. The third-order valence-corrected chi connectivity index (χ3v) is 22.6. The number of nitrogens with two attached hydrogens (primary N) is 1. The van der Waals surface area contributed by atoms with Crippen molar-refractivity contribution in [1.29, 1.82) is 0 Å². The summed E-state index contributed by atoms with van der Waals surface area (Å²) in [5.41, 5.74) is 2.79. The van der Waals surface area contributed by atoms with Crippen molar-refractivity contribution in [3.63, 3.8) is 0 Å². The number of piperazine rings is 4. The van der Waals surface area contributed by atoms with Crippen LogP contribution in [0.25, 0.3) is 44.7 Å². The van der Waals surface area contributed by atoms with Gasteiger partial charge in [-0.3, -0.25) is 60.5 Å². The van der Waals surface area contributed by atoms with Crippen LogP contribution in [0.5, 0.6) is 23.5 Å². The molecule has 0 aliphatic carbocycles. The van der Waals surface area contributed by atoms with Crippen molar-refractivity contribution >= 4 is 143 Å². The number of carbonyl (C=O) groups excluding carboxylic acids is 1. The first-order chi connectivity index (χ1) is 70.1. The molecule has 8 aromatic heterocycles. The van der Waals surface area contributed by atoms with Gasteiger partial charge in [0.05, 0.1) is 43.1 Å². The van der Waals surface area contributed by atoms with E-state index in [0.29, 0.717) is 106 Å². The maximum Gasteiger partial charge on any atom is 0.490 e. The van der Waals surface area contributed by atoms with E-state index in [1.807, 2.05) is 9.13 Å². The molecule has 786 valence electrons. The lowest BCUT2D eigenvalue weighted by Crippen LogP contribution is -2.44. The van der Waals surface area contributed by atoms with E-state index in [4.69, 9.17) is 49.3 Å². The molecule has 0 radical (unpaired) electrons. The number of hydrogen-bond acceptors (Lipinski definition) is 32. The van der Waals surface area contributed by atoms with Gasteiger partial charge >= 0.3 is 60.4 Å². The number of primary sulfonamides is 1. The Kier molecular flexibility index (Phi) is 38.0.